The molecule has 2 heterocycles. The van der Waals surface area contributed by atoms with Gasteiger partial charge in [0.15, 0.2) is 23.0 Å². The van der Waals surface area contributed by atoms with E-state index in [0.29, 0.717) is 49.9 Å². The van der Waals surface area contributed by atoms with Gasteiger partial charge in [0.25, 0.3) is 0 Å². The first-order valence-corrected chi connectivity index (χ1v) is 12.5. The summed E-state index contributed by atoms with van der Waals surface area (Å²) in [4.78, 5) is 0. The molecule has 2 N–H and O–H groups in total. The number of nitrogens with two attached hydrogens (primary N) is 1. The molecule has 0 aromatic heterocycles. The van der Waals surface area contributed by atoms with Crippen LogP contribution in [0.1, 0.15) is 29.5 Å². The zero-order valence-corrected chi connectivity index (χ0v) is 22.0. The molecule has 36 heavy (non-hydrogen) atoms. The summed E-state index contributed by atoms with van der Waals surface area (Å²) in [5, 5.41) is 10.9. The van der Waals surface area contributed by atoms with Crippen LogP contribution in [0, 0.1) is 11.3 Å². The van der Waals surface area contributed by atoms with Gasteiger partial charge in [-0.3, -0.25) is 0 Å². The first kappa shape index (κ1) is 24.4. The zero-order chi connectivity index (χ0) is 25.4. The van der Waals surface area contributed by atoms with Crippen LogP contribution in [0.25, 0.3) is 0 Å². The number of rotatable bonds is 6. The number of ether oxygens (including phenoxy) is 5. The molecule has 0 fully saturated rings. The minimum atomic E-state index is -0.520. The number of nitriles is 1. The van der Waals surface area contributed by atoms with Crippen molar-refractivity contribution in [2.45, 2.75) is 19.4 Å². The summed E-state index contributed by atoms with van der Waals surface area (Å²) in [6, 6.07) is 14.8. The lowest BCUT2D eigenvalue weighted by Crippen LogP contribution is -2.21. The second-order valence-electron chi connectivity index (χ2n) is 7.97. The predicted molar refractivity (Wildman–Crippen MR) is 138 cm³/mol. The third kappa shape index (κ3) is 4.50. The van der Waals surface area contributed by atoms with Gasteiger partial charge in [-0.15, -0.1) is 0 Å². The van der Waals surface area contributed by atoms with Crippen molar-refractivity contribution < 1.29 is 23.7 Å². The Kier molecular flexibility index (Phi) is 6.80. The molecule has 0 saturated heterocycles. The van der Waals surface area contributed by atoms with Crippen LogP contribution in [0.2, 0.25) is 10.0 Å². The largest absolute Gasteiger partial charge is 0.490 e. The summed E-state index contributed by atoms with van der Waals surface area (Å²) in [6.45, 7) is 2.65. The van der Waals surface area contributed by atoms with Crippen LogP contribution in [0.5, 0.6) is 28.7 Å². The molecule has 3 aromatic carbocycles. The molecule has 0 radical (unpaired) electrons. The number of hydrogen-bond acceptors (Lipinski definition) is 7. The maximum atomic E-state index is 9.95. The van der Waals surface area contributed by atoms with Crippen molar-refractivity contribution in [2.24, 2.45) is 5.73 Å². The molecule has 10 heteroatoms. The van der Waals surface area contributed by atoms with E-state index in [9.17, 15) is 5.26 Å². The van der Waals surface area contributed by atoms with Crippen molar-refractivity contribution in [1.82, 2.24) is 0 Å². The first-order chi connectivity index (χ1) is 17.4. The van der Waals surface area contributed by atoms with E-state index < -0.39 is 5.92 Å². The molecule has 3 aromatic rings. The summed E-state index contributed by atoms with van der Waals surface area (Å²) < 4.78 is 29.5. The standard InChI is InChI=1S/C26H19BrCl2N2O5/c1-2-32-23-7-14(6-17(27)25(23)33-11-13-3-4-18(28)19(29)5-13)24-15-8-21-22(35-12-34-21)9-20(15)36-26(31)16(24)10-30/h3-9,24H,2,11-12,31H2,1H3/t24-/m1/s1. The number of nitrogens with zero attached hydrogens (tertiary/aromatic N) is 1. The summed E-state index contributed by atoms with van der Waals surface area (Å²) in [5.74, 6) is 2.16. The summed E-state index contributed by atoms with van der Waals surface area (Å²) in [5.41, 5.74) is 8.76. The Morgan fingerprint density at radius 1 is 1.06 bits per heavy atom. The Bertz CT molecular complexity index is 1440. The fourth-order valence-electron chi connectivity index (χ4n) is 4.13. The highest BCUT2D eigenvalue weighted by molar-refractivity contribution is 9.10. The van der Waals surface area contributed by atoms with E-state index in [2.05, 4.69) is 22.0 Å². The van der Waals surface area contributed by atoms with E-state index >= 15 is 0 Å². The van der Waals surface area contributed by atoms with Crippen molar-refractivity contribution in [2.75, 3.05) is 13.4 Å². The van der Waals surface area contributed by atoms with Crippen LogP contribution in [0.3, 0.4) is 0 Å². The molecule has 184 valence electrons. The molecule has 7 nitrogen and oxygen atoms in total. The highest BCUT2D eigenvalue weighted by atomic mass is 79.9. The van der Waals surface area contributed by atoms with E-state index in [1.54, 1.807) is 18.2 Å². The molecule has 0 unspecified atom stereocenters. The highest BCUT2D eigenvalue weighted by Gasteiger charge is 2.34. The van der Waals surface area contributed by atoms with Gasteiger partial charge in [0.1, 0.15) is 24.0 Å². The van der Waals surface area contributed by atoms with Gasteiger partial charge in [0.05, 0.1) is 27.0 Å². The number of fused-ring (bicyclic) bond motifs is 2. The number of halogens is 3. The first-order valence-electron chi connectivity index (χ1n) is 10.9. The van der Waals surface area contributed by atoms with Gasteiger partial charge in [0.2, 0.25) is 12.7 Å². The monoisotopic (exact) mass is 588 g/mol. The lowest BCUT2D eigenvalue weighted by Gasteiger charge is -2.27. The lowest BCUT2D eigenvalue weighted by molar-refractivity contribution is 0.174. The van der Waals surface area contributed by atoms with Crippen molar-refractivity contribution in [3.63, 3.8) is 0 Å². The second-order valence-corrected chi connectivity index (χ2v) is 9.64. The maximum absolute atomic E-state index is 9.95. The summed E-state index contributed by atoms with van der Waals surface area (Å²) >= 11 is 15.8. The molecule has 0 bridgehead atoms. The highest BCUT2D eigenvalue weighted by Crippen LogP contribution is 2.50. The van der Waals surface area contributed by atoms with Crippen LogP contribution in [0.4, 0.5) is 0 Å². The van der Waals surface area contributed by atoms with E-state index in [-0.39, 0.29) is 24.9 Å². The van der Waals surface area contributed by atoms with Crippen LogP contribution >= 0.6 is 39.1 Å². The molecular weight excluding hydrogens is 571 g/mol. The van der Waals surface area contributed by atoms with Gasteiger partial charge in [-0.25, -0.2) is 0 Å². The van der Waals surface area contributed by atoms with E-state index in [0.717, 1.165) is 16.7 Å². The lowest BCUT2D eigenvalue weighted by atomic mass is 9.83. The van der Waals surface area contributed by atoms with Crippen molar-refractivity contribution in [1.29, 1.82) is 5.26 Å². The van der Waals surface area contributed by atoms with E-state index in [4.69, 9.17) is 52.6 Å². The molecule has 0 amide bonds. The quantitative estimate of drug-likeness (QED) is 0.342. The molecule has 2 aliphatic rings. The van der Waals surface area contributed by atoms with Crippen LogP contribution in [0.15, 0.2) is 58.4 Å². The Morgan fingerprint density at radius 3 is 2.56 bits per heavy atom. The van der Waals surface area contributed by atoms with Crippen molar-refractivity contribution >= 4 is 39.1 Å². The molecule has 0 saturated carbocycles. The second kappa shape index (κ2) is 10.0. The number of allylic oxidation sites excluding steroid dienone is 1. The minimum Gasteiger partial charge on any atom is -0.490 e. The Hall–Kier alpha value is -3.25. The summed E-state index contributed by atoms with van der Waals surface area (Å²) in [7, 11) is 0. The Morgan fingerprint density at radius 2 is 1.83 bits per heavy atom. The molecular formula is C26H19BrCl2N2O5. The van der Waals surface area contributed by atoms with Crippen molar-refractivity contribution in [3.8, 4) is 34.8 Å². The average molecular weight is 590 g/mol. The average Bonchev–Trinajstić information content (AvgIpc) is 3.31. The minimum absolute atomic E-state index is 0.0305. The predicted octanol–water partition coefficient (Wildman–Crippen LogP) is 6.68. The molecule has 5 rings (SSSR count). The Labute approximate surface area is 226 Å². The van der Waals surface area contributed by atoms with Crippen LogP contribution < -0.4 is 29.4 Å². The third-order valence-corrected chi connectivity index (χ3v) is 7.07. The van der Waals surface area contributed by atoms with E-state index in [1.165, 1.54) is 0 Å². The van der Waals surface area contributed by atoms with Crippen LogP contribution in [-0.2, 0) is 6.61 Å². The fourth-order valence-corrected chi connectivity index (χ4v) is 5.03. The summed E-state index contributed by atoms with van der Waals surface area (Å²) in [6.07, 6.45) is 0. The SMILES string of the molecule is CCOc1cc([C@H]2C(C#N)=C(N)Oc3cc4c(cc32)OCO4)cc(Br)c1OCc1ccc(Cl)c(Cl)c1. The third-order valence-electron chi connectivity index (χ3n) is 5.74. The normalized spacial score (nSPS) is 15.7. The molecule has 0 aliphatic carbocycles. The molecule has 1 atom stereocenters. The van der Waals surface area contributed by atoms with Gasteiger partial charge < -0.3 is 29.4 Å². The fraction of sp³-hybridized carbons (Fsp3) is 0.192. The zero-order valence-electron chi connectivity index (χ0n) is 18.9. The number of benzene rings is 3. The smallest absolute Gasteiger partial charge is 0.231 e. The van der Waals surface area contributed by atoms with Gasteiger partial charge in [-0.05, 0) is 64.3 Å². The van der Waals surface area contributed by atoms with Crippen molar-refractivity contribution in [3.05, 3.63) is 85.1 Å². The topological polar surface area (TPSA) is 96.0 Å². The van der Waals surface area contributed by atoms with Gasteiger partial charge in [0, 0.05) is 11.6 Å². The molecule has 0 spiro atoms. The molecule has 2 aliphatic heterocycles. The Balaban J connectivity index is 1.55. The van der Waals surface area contributed by atoms with Gasteiger partial charge >= 0.3 is 0 Å². The van der Waals surface area contributed by atoms with Crippen LogP contribution in [-0.4, -0.2) is 13.4 Å². The number of hydrogen-bond donors (Lipinski definition) is 1. The maximum Gasteiger partial charge on any atom is 0.231 e. The van der Waals surface area contributed by atoms with Gasteiger partial charge in [-0.2, -0.15) is 5.26 Å². The van der Waals surface area contributed by atoms with Gasteiger partial charge in [-0.1, -0.05) is 29.3 Å². The van der Waals surface area contributed by atoms with E-state index in [1.807, 2.05) is 31.2 Å².